The summed E-state index contributed by atoms with van der Waals surface area (Å²) < 4.78 is 5.46. The minimum absolute atomic E-state index is 0.0236. The Morgan fingerprint density at radius 2 is 1.97 bits per heavy atom. The van der Waals surface area contributed by atoms with Gasteiger partial charge in [0.2, 0.25) is 17.7 Å². The van der Waals surface area contributed by atoms with Crippen molar-refractivity contribution in [1.29, 1.82) is 0 Å². The number of nitrogens with one attached hydrogen (secondary N) is 1. The summed E-state index contributed by atoms with van der Waals surface area (Å²) in [5.74, 6) is 3.61. The molecule has 5 rings (SSSR count). The number of carbonyl (C=O) groups is 1. The molecule has 0 bridgehead atoms. The summed E-state index contributed by atoms with van der Waals surface area (Å²) in [7, 11) is 0. The summed E-state index contributed by atoms with van der Waals surface area (Å²) in [6.45, 7) is 18.0. The molecule has 1 atom stereocenters. The van der Waals surface area contributed by atoms with E-state index in [1.165, 1.54) is 17.3 Å². The maximum absolute atomic E-state index is 12.0. The van der Waals surface area contributed by atoms with Crippen LogP contribution in [-0.2, 0) is 24.1 Å². The van der Waals surface area contributed by atoms with Gasteiger partial charge >= 0.3 is 0 Å². The lowest BCUT2D eigenvalue weighted by molar-refractivity contribution is -0.136. The quantitative estimate of drug-likeness (QED) is 0.536. The van der Waals surface area contributed by atoms with E-state index in [0.29, 0.717) is 24.1 Å². The highest BCUT2D eigenvalue weighted by molar-refractivity contribution is 5.87. The standard InChI is InChI=1S/C28H41N7O2/c1-7-24(36)35-16-28(17-35)10-11-34(15-28)26-31-22-14-27(5,6)9-8-21(22)25(32-26)30-20(12-18(2)3)13-23-29-19(4)33-37-23/h7,18,20H,1,8-17H2,2-6H3,(H,30,31,32)/t20-/m0/s1. The SMILES string of the molecule is C=CC(=O)N1CC2(CCN(c3nc4c(c(N[C@H](Cc5nc(C)no5)CC(C)C)n3)CCC(C)(C)C4)C2)C1. The first-order valence-corrected chi connectivity index (χ1v) is 13.7. The van der Waals surface area contributed by atoms with Crippen molar-refractivity contribution in [2.45, 2.75) is 79.2 Å². The van der Waals surface area contributed by atoms with E-state index in [1.807, 2.05) is 11.8 Å². The normalized spacial score (nSPS) is 20.6. The lowest BCUT2D eigenvalue weighted by Crippen LogP contribution is -2.59. The Labute approximate surface area is 220 Å². The van der Waals surface area contributed by atoms with Gasteiger partial charge in [-0.1, -0.05) is 39.4 Å². The van der Waals surface area contributed by atoms with Gasteiger partial charge in [0.05, 0.1) is 5.69 Å². The fourth-order valence-electron chi connectivity index (χ4n) is 6.19. The van der Waals surface area contributed by atoms with Crippen LogP contribution in [0.3, 0.4) is 0 Å². The van der Waals surface area contributed by atoms with Crippen LogP contribution in [0.15, 0.2) is 17.2 Å². The minimum Gasteiger partial charge on any atom is -0.366 e. The molecular formula is C28H41N7O2. The zero-order chi connectivity index (χ0) is 26.4. The average Bonchev–Trinajstić information content (AvgIpc) is 3.42. The average molecular weight is 508 g/mol. The van der Waals surface area contributed by atoms with Crippen LogP contribution in [0.1, 0.15) is 69.9 Å². The van der Waals surface area contributed by atoms with Gasteiger partial charge in [-0.3, -0.25) is 4.79 Å². The van der Waals surface area contributed by atoms with E-state index in [2.05, 4.69) is 54.6 Å². The fourth-order valence-corrected chi connectivity index (χ4v) is 6.19. The van der Waals surface area contributed by atoms with Crippen molar-refractivity contribution in [3.8, 4) is 0 Å². The summed E-state index contributed by atoms with van der Waals surface area (Å²) in [4.78, 5) is 30.9. The molecule has 2 fully saturated rings. The van der Waals surface area contributed by atoms with Crippen LogP contribution in [0.2, 0.25) is 0 Å². The van der Waals surface area contributed by atoms with Gasteiger partial charge in [0.25, 0.3) is 0 Å². The maximum Gasteiger partial charge on any atom is 0.245 e. The van der Waals surface area contributed by atoms with Crippen LogP contribution in [0, 0.1) is 23.7 Å². The van der Waals surface area contributed by atoms with Crippen LogP contribution in [0.4, 0.5) is 11.8 Å². The summed E-state index contributed by atoms with van der Waals surface area (Å²) >= 11 is 0. The van der Waals surface area contributed by atoms with Crippen molar-refractivity contribution in [2.24, 2.45) is 16.7 Å². The van der Waals surface area contributed by atoms with Crippen molar-refractivity contribution in [3.63, 3.8) is 0 Å². The highest BCUT2D eigenvalue weighted by atomic mass is 16.5. The monoisotopic (exact) mass is 507 g/mol. The Morgan fingerprint density at radius 1 is 1.19 bits per heavy atom. The number of fused-ring (bicyclic) bond motifs is 1. The molecule has 0 radical (unpaired) electrons. The number of aryl methyl sites for hydroxylation is 1. The largest absolute Gasteiger partial charge is 0.366 e. The van der Waals surface area contributed by atoms with E-state index in [9.17, 15) is 4.79 Å². The molecule has 3 aliphatic rings. The fraction of sp³-hybridized carbons (Fsp3) is 0.679. The first kappa shape index (κ1) is 25.7. The summed E-state index contributed by atoms with van der Waals surface area (Å²) in [6, 6.07) is 0.136. The van der Waals surface area contributed by atoms with Crippen LogP contribution in [0.25, 0.3) is 0 Å². The number of aromatic nitrogens is 4. The van der Waals surface area contributed by atoms with Crippen molar-refractivity contribution in [2.75, 3.05) is 36.4 Å². The molecule has 200 valence electrons. The Bertz CT molecular complexity index is 1170. The molecule has 0 unspecified atom stereocenters. The Morgan fingerprint density at radius 3 is 2.65 bits per heavy atom. The number of nitrogens with zero attached hydrogens (tertiary/aromatic N) is 6. The molecule has 1 amide bonds. The molecule has 1 aliphatic carbocycles. The van der Waals surface area contributed by atoms with Crippen molar-refractivity contribution in [3.05, 3.63) is 35.6 Å². The molecule has 1 N–H and O–H groups in total. The van der Waals surface area contributed by atoms with Gasteiger partial charge in [-0.05, 0) is 56.4 Å². The number of hydrogen-bond donors (Lipinski definition) is 1. The highest BCUT2D eigenvalue weighted by Gasteiger charge is 2.49. The molecule has 0 aromatic carbocycles. The van der Waals surface area contributed by atoms with Crippen LogP contribution >= 0.6 is 0 Å². The van der Waals surface area contributed by atoms with E-state index >= 15 is 0 Å². The van der Waals surface area contributed by atoms with Gasteiger partial charge in [0, 0.05) is 49.6 Å². The van der Waals surface area contributed by atoms with E-state index in [0.717, 1.165) is 70.0 Å². The van der Waals surface area contributed by atoms with Crippen LogP contribution < -0.4 is 10.2 Å². The van der Waals surface area contributed by atoms with Crippen molar-refractivity contribution >= 4 is 17.7 Å². The zero-order valence-corrected chi connectivity index (χ0v) is 23.0. The lowest BCUT2D eigenvalue weighted by atomic mass is 9.76. The molecule has 2 saturated heterocycles. The molecule has 2 aromatic rings. The van der Waals surface area contributed by atoms with Crippen molar-refractivity contribution < 1.29 is 9.32 Å². The van der Waals surface area contributed by atoms with Gasteiger partial charge in [0.15, 0.2) is 5.82 Å². The summed E-state index contributed by atoms with van der Waals surface area (Å²) in [5.41, 5.74) is 2.78. The van der Waals surface area contributed by atoms with Gasteiger partial charge in [0.1, 0.15) is 5.82 Å². The second-order valence-electron chi connectivity index (χ2n) is 12.6. The zero-order valence-electron chi connectivity index (χ0n) is 23.0. The Balaban J connectivity index is 1.41. The van der Waals surface area contributed by atoms with Gasteiger partial charge in [-0.2, -0.15) is 9.97 Å². The van der Waals surface area contributed by atoms with Gasteiger partial charge < -0.3 is 19.6 Å². The van der Waals surface area contributed by atoms with Gasteiger partial charge in [-0.25, -0.2) is 4.98 Å². The number of amides is 1. The maximum atomic E-state index is 12.0. The second kappa shape index (κ2) is 9.72. The minimum atomic E-state index is 0.0236. The molecule has 2 aliphatic heterocycles. The first-order chi connectivity index (χ1) is 17.5. The molecule has 37 heavy (non-hydrogen) atoms. The predicted octanol–water partition coefficient (Wildman–Crippen LogP) is 3.98. The Kier molecular flexibility index (Phi) is 6.75. The number of carbonyl (C=O) groups excluding carboxylic acids is 1. The predicted molar refractivity (Wildman–Crippen MR) is 143 cm³/mol. The van der Waals surface area contributed by atoms with E-state index in [-0.39, 0.29) is 22.8 Å². The molecule has 9 heteroatoms. The highest BCUT2D eigenvalue weighted by Crippen LogP contribution is 2.42. The molecule has 4 heterocycles. The third-order valence-corrected chi connectivity index (χ3v) is 8.13. The van der Waals surface area contributed by atoms with Crippen molar-refractivity contribution in [1.82, 2.24) is 25.0 Å². The second-order valence-corrected chi connectivity index (χ2v) is 12.6. The van der Waals surface area contributed by atoms with E-state index in [1.54, 1.807) is 0 Å². The number of likely N-dealkylation sites (tertiary alicyclic amines) is 1. The first-order valence-electron chi connectivity index (χ1n) is 13.7. The topological polar surface area (TPSA) is 100 Å². The summed E-state index contributed by atoms with van der Waals surface area (Å²) in [6.07, 6.45) is 7.14. The third kappa shape index (κ3) is 5.50. The number of rotatable bonds is 8. The molecule has 0 saturated carbocycles. The molecular weight excluding hydrogens is 466 g/mol. The van der Waals surface area contributed by atoms with Crippen LogP contribution in [0.5, 0.6) is 0 Å². The van der Waals surface area contributed by atoms with Crippen LogP contribution in [-0.4, -0.2) is 63.1 Å². The molecule has 1 spiro atoms. The molecule has 2 aromatic heterocycles. The third-order valence-electron chi connectivity index (χ3n) is 8.13. The smallest absolute Gasteiger partial charge is 0.245 e. The lowest BCUT2D eigenvalue weighted by Gasteiger charge is -2.47. The van der Waals surface area contributed by atoms with Gasteiger partial charge in [-0.15, -0.1) is 0 Å². The van der Waals surface area contributed by atoms with E-state index < -0.39 is 0 Å². The van der Waals surface area contributed by atoms with E-state index in [4.69, 9.17) is 14.5 Å². The summed E-state index contributed by atoms with van der Waals surface area (Å²) in [5, 5.41) is 7.78. The Hall–Kier alpha value is -2.97. The molecule has 9 nitrogen and oxygen atoms in total. The number of hydrogen-bond acceptors (Lipinski definition) is 8. The number of anilines is 2.